The third-order valence-electron chi connectivity index (χ3n) is 4.58. The summed E-state index contributed by atoms with van der Waals surface area (Å²) in [6.45, 7) is 4.97. The van der Waals surface area contributed by atoms with E-state index >= 15 is 0 Å². The summed E-state index contributed by atoms with van der Waals surface area (Å²) >= 11 is 0. The van der Waals surface area contributed by atoms with Crippen LogP contribution in [0.25, 0.3) is 0 Å². The highest BCUT2D eigenvalue weighted by molar-refractivity contribution is 5.85. The summed E-state index contributed by atoms with van der Waals surface area (Å²) in [5.41, 5.74) is 4.19. The molecule has 0 aliphatic carbocycles. The van der Waals surface area contributed by atoms with Crippen molar-refractivity contribution in [1.82, 2.24) is 4.90 Å². The number of benzene rings is 1. The standard InChI is InChI=1S/C18H27N3O/c1-20(2)12-13-22-16-7-10-21(11-8-16)18-5-3-4-15-14-19-9-6-17(15)18/h3-5,14,16H,6-13H2,1-2H3. The van der Waals surface area contributed by atoms with Gasteiger partial charge < -0.3 is 14.5 Å². The monoisotopic (exact) mass is 301 g/mol. The van der Waals surface area contributed by atoms with Crippen LogP contribution >= 0.6 is 0 Å². The molecule has 2 heterocycles. The molecule has 4 nitrogen and oxygen atoms in total. The largest absolute Gasteiger partial charge is 0.377 e. The van der Waals surface area contributed by atoms with E-state index in [0.717, 1.165) is 52.0 Å². The van der Waals surface area contributed by atoms with Crippen LogP contribution < -0.4 is 4.90 Å². The number of ether oxygens (including phenoxy) is 1. The van der Waals surface area contributed by atoms with Crippen LogP contribution in [0, 0.1) is 0 Å². The highest BCUT2D eigenvalue weighted by atomic mass is 16.5. The Morgan fingerprint density at radius 1 is 1.27 bits per heavy atom. The summed E-state index contributed by atoms with van der Waals surface area (Å²) in [5.74, 6) is 0. The van der Waals surface area contributed by atoms with E-state index in [-0.39, 0.29) is 0 Å². The second-order valence-electron chi connectivity index (χ2n) is 6.49. The molecule has 0 N–H and O–H groups in total. The van der Waals surface area contributed by atoms with Crippen molar-refractivity contribution >= 4 is 11.9 Å². The van der Waals surface area contributed by atoms with E-state index in [0.29, 0.717) is 6.10 Å². The average Bonchev–Trinajstić information content (AvgIpc) is 2.55. The van der Waals surface area contributed by atoms with Crippen LogP contribution in [0.2, 0.25) is 0 Å². The van der Waals surface area contributed by atoms with Crippen molar-refractivity contribution in [1.29, 1.82) is 0 Å². The summed E-state index contributed by atoms with van der Waals surface area (Å²) in [4.78, 5) is 9.10. The summed E-state index contributed by atoms with van der Waals surface area (Å²) in [6, 6.07) is 6.61. The van der Waals surface area contributed by atoms with Gasteiger partial charge in [0, 0.05) is 38.1 Å². The highest BCUT2D eigenvalue weighted by Crippen LogP contribution is 2.28. The molecule has 3 rings (SSSR count). The zero-order chi connectivity index (χ0) is 15.4. The van der Waals surface area contributed by atoms with Gasteiger partial charge in [-0.05, 0) is 50.6 Å². The Morgan fingerprint density at radius 3 is 2.86 bits per heavy atom. The maximum Gasteiger partial charge on any atom is 0.0609 e. The van der Waals surface area contributed by atoms with E-state index in [9.17, 15) is 0 Å². The van der Waals surface area contributed by atoms with Gasteiger partial charge in [0.15, 0.2) is 0 Å². The molecule has 0 saturated carbocycles. The number of rotatable bonds is 5. The van der Waals surface area contributed by atoms with Gasteiger partial charge in [-0.3, -0.25) is 4.99 Å². The second kappa shape index (κ2) is 7.25. The first-order valence-corrected chi connectivity index (χ1v) is 8.37. The van der Waals surface area contributed by atoms with Gasteiger partial charge in [-0.2, -0.15) is 0 Å². The second-order valence-corrected chi connectivity index (χ2v) is 6.49. The Hall–Kier alpha value is -1.39. The SMILES string of the molecule is CN(C)CCOC1CCN(c2cccc3c2CCN=C3)CC1. The Labute approximate surface area is 133 Å². The predicted molar refractivity (Wildman–Crippen MR) is 92.3 cm³/mol. The Balaban J connectivity index is 1.57. The first-order chi connectivity index (χ1) is 10.7. The van der Waals surface area contributed by atoms with Crippen molar-refractivity contribution in [2.45, 2.75) is 25.4 Å². The molecule has 0 amide bonds. The van der Waals surface area contributed by atoms with Crippen LogP contribution in [0.4, 0.5) is 5.69 Å². The lowest BCUT2D eigenvalue weighted by atomic mass is 9.98. The van der Waals surface area contributed by atoms with Gasteiger partial charge >= 0.3 is 0 Å². The molecule has 0 unspecified atom stereocenters. The molecule has 120 valence electrons. The molecule has 2 aliphatic rings. The number of likely N-dealkylation sites (N-methyl/N-ethyl adjacent to an activating group) is 1. The van der Waals surface area contributed by atoms with E-state index < -0.39 is 0 Å². The fourth-order valence-electron chi connectivity index (χ4n) is 3.29. The molecular weight excluding hydrogens is 274 g/mol. The van der Waals surface area contributed by atoms with E-state index in [1.54, 1.807) is 0 Å². The third kappa shape index (κ3) is 3.68. The Morgan fingerprint density at radius 2 is 2.09 bits per heavy atom. The van der Waals surface area contributed by atoms with Crippen LogP contribution in [0.15, 0.2) is 23.2 Å². The average molecular weight is 301 g/mol. The van der Waals surface area contributed by atoms with E-state index in [1.807, 2.05) is 6.21 Å². The van der Waals surface area contributed by atoms with Gasteiger partial charge in [-0.15, -0.1) is 0 Å². The van der Waals surface area contributed by atoms with E-state index in [1.165, 1.54) is 16.8 Å². The molecule has 1 aromatic carbocycles. The summed E-state index contributed by atoms with van der Waals surface area (Å²) in [5, 5.41) is 0. The number of nitrogens with zero attached hydrogens (tertiary/aromatic N) is 3. The van der Waals surface area contributed by atoms with Crippen LogP contribution in [0.1, 0.15) is 24.0 Å². The maximum absolute atomic E-state index is 6.00. The summed E-state index contributed by atoms with van der Waals surface area (Å²) in [7, 11) is 4.18. The van der Waals surface area contributed by atoms with Gasteiger partial charge in [-0.1, -0.05) is 12.1 Å². The molecular formula is C18H27N3O. The molecule has 2 aliphatic heterocycles. The van der Waals surface area contributed by atoms with Gasteiger partial charge in [-0.25, -0.2) is 0 Å². The predicted octanol–water partition coefficient (Wildman–Crippen LogP) is 2.21. The van der Waals surface area contributed by atoms with E-state index in [2.05, 4.69) is 47.1 Å². The lowest BCUT2D eigenvalue weighted by molar-refractivity contribution is 0.0294. The topological polar surface area (TPSA) is 28.1 Å². The number of piperidine rings is 1. The fraction of sp³-hybridized carbons (Fsp3) is 0.611. The van der Waals surface area contributed by atoms with Crippen molar-refractivity contribution in [2.24, 2.45) is 4.99 Å². The Kier molecular flexibility index (Phi) is 5.11. The number of aliphatic imine (C=N–C) groups is 1. The first kappa shape index (κ1) is 15.5. The van der Waals surface area contributed by atoms with Gasteiger partial charge in [0.05, 0.1) is 12.7 Å². The molecule has 0 bridgehead atoms. The van der Waals surface area contributed by atoms with Gasteiger partial charge in [0.2, 0.25) is 0 Å². The zero-order valence-electron chi connectivity index (χ0n) is 13.8. The van der Waals surface area contributed by atoms with Gasteiger partial charge in [0.1, 0.15) is 0 Å². The minimum atomic E-state index is 0.428. The summed E-state index contributed by atoms with van der Waals surface area (Å²) < 4.78 is 6.00. The lowest BCUT2D eigenvalue weighted by Gasteiger charge is -2.35. The molecule has 0 aromatic heterocycles. The summed E-state index contributed by atoms with van der Waals surface area (Å²) in [6.07, 6.45) is 5.79. The number of fused-ring (bicyclic) bond motifs is 1. The molecule has 0 spiro atoms. The first-order valence-electron chi connectivity index (χ1n) is 8.37. The van der Waals surface area contributed by atoms with Crippen LogP contribution in [-0.4, -0.2) is 64.1 Å². The van der Waals surface area contributed by atoms with Crippen molar-refractivity contribution < 1.29 is 4.74 Å². The lowest BCUT2D eigenvalue weighted by Crippen LogP contribution is -2.38. The molecule has 0 atom stereocenters. The minimum absolute atomic E-state index is 0.428. The van der Waals surface area contributed by atoms with Crippen LogP contribution in [0.5, 0.6) is 0 Å². The maximum atomic E-state index is 6.00. The van der Waals surface area contributed by atoms with Crippen molar-refractivity contribution in [2.75, 3.05) is 51.8 Å². The van der Waals surface area contributed by atoms with Crippen molar-refractivity contribution in [3.8, 4) is 0 Å². The molecule has 1 saturated heterocycles. The smallest absolute Gasteiger partial charge is 0.0609 e. The molecule has 0 radical (unpaired) electrons. The normalized spacial score (nSPS) is 18.8. The number of hydrogen-bond acceptors (Lipinski definition) is 4. The third-order valence-corrected chi connectivity index (χ3v) is 4.58. The van der Waals surface area contributed by atoms with Crippen molar-refractivity contribution in [3.05, 3.63) is 29.3 Å². The quantitative estimate of drug-likeness (QED) is 0.835. The highest BCUT2D eigenvalue weighted by Gasteiger charge is 2.22. The number of anilines is 1. The van der Waals surface area contributed by atoms with Crippen molar-refractivity contribution in [3.63, 3.8) is 0 Å². The van der Waals surface area contributed by atoms with Crippen LogP contribution in [-0.2, 0) is 11.2 Å². The minimum Gasteiger partial charge on any atom is -0.377 e. The zero-order valence-corrected chi connectivity index (χ0v) is 13.8. The van der Waals surface area contributed by atoms with Gasteiger partial charge in [0.25, 0.3) is 0 Å². The number of hydrogen-bond donors (Lipinski definition) is 0. The fourth-order valence-corrected chi connectivity index (χ4v) is 3.29. The van der Waals surface area contributed by atoms with E-state index in [4.69, 9.17) is 4.74 Å². The molecule has 1 fully saturated rings. The molecule has 1 aromatic rings. The Bertz CT molecular complexity index is 519. The molecule has 22 heavy (non-hydrogen) atoms. The molecule has 4 heteroatoms. The van der Waals surface area contributed by atoms with Crippen LogP contribution in [0.3, 0.4) is 0 Å².